The summed E-state index contributed by atoms with van der Waals surface area (Å²) in [7, 11) is -4.47. The van der Waals surface area contributed by atoms with Crippen LogP contribution in [0.4, 0.5) is 0 Å². The third-order valence-electron chi connectivity index (χ3n) is 12.9. The van der Waals surface area contributed by atoms with Crippen molar-refractivity contribution < 1.29 is 22.3 Å². The number of rotatable bonds is 16. The summed E-state index contributed by atoms with van der Waals surface area (Å²) in [5.41, 5.74) is 10.2. The standard InChI is InChI=1S/C34H61N5O5S/c1-23(2)31(44-45(41,42)43)12-9-24(3)27-10-11-28-32-29(14-16-34(27,28)5)33(4)15-13-26(21-25(33)22-30(32)40)37-19-8-18-36-17-6-7-20-38-39-35/h23-25,27-32,36,40H,6-22H2,1-5H3,(H,41,42,43)/b37-26+/t24-,25-,27-,28?,29?,30-,31-,32?,33+,34-/m1/s1. The van der Waals surface area contributed by atoms with Crippen LogP contribution in [0.1, 0.15) is 118 Å². The van der Waals surface area contributed by atoms with Gasteiger partial charge in [0, 0.05) is 23.7 Å². The smallest absolute Gasteiger partial charge is 0.393 e. The average molecular weight is 652 g/mol. The maximum absolute atomic E-state index is 11.8. The van der Waals surface area contributed by atoms with E-state index in [-0.39, 0.29) is 22.9 Å². The van der Waals surface area contributed by atoms with Crippen molar-refractivity contribution in [1.29, 1.82) is 0 Å². The lowest BCUT2D eigenvalue weighted by molar-refractivity contribution is -0.157. The SMILES string of the molecule is CC(C)[C@@H](CC[C@@H](C)[C@H]1CCC2C3C(CC[C@@]21C)[C@@]1(C)CC/C(=N\CCCNCCCCN=[N+]=[N-])C[C@@H]1C[C@H]3O)OS(=O)(=O)O. The molecule has 4 rings (SSSR count). The molecule has 4 fully saturated rings. The van der Waals surface area contributed by atoms with Gasteiger partial charge in [0.2, 0.25) is 0 Å². The van der Waals surface area contributed by atoms with Crippen molar-refractivity contribution in [1.82, 2.24) is 5.32 Å². The molecule has 0 radical (unpaired) electrons. The van der Waals surface area contributed by atoms with E-state index in [9.17, 15) is 18.1 Å². The highest BCUT2D eigenvalue weighted by atomic mass is 32.3. The molecule has 0 aromatic heterocycles. The van der Waals surface area contributed by atoms with E-state index in [1.807, 2.05) is 13.8 Å². The van der Waals surface area contributed by atoms with Gasteiger partial charge < -0.3 is 10.4 Å². The molecule has 258 valence electrons. The Labute approximate surface area is 272 Å². The normalized spacial score (nSPS) is 37.0. The Kier molecular flexibility index (Phi) is 12.8. The quantitative estimate of drug-likeness (QED) is 0.0519. The van der Waals surface area contributed by atoms with Crippen LogP contribution >= 0.6 is 0 Å². The highest BCUT2D eigenvalue weighted by Crippen LogP contribution is 2.68. The largest absolute Gasteiger partial charge is 0.397 e. The first-order chi connectivity index (χ1) is 21.3. The Morgan fingerprint density at radius 1 is 1.02 bits per heavy atom. The summed E-state index contributed by atoms with van der Waals surface area (Å²) in [5.74, 6) is 2.96. The van der Waals surface area contributed by atoms with Crippen molar-refractivity contribution in [2.24, 2.45) is 62.4 Å². The number of fused-ring (bicyclic) bond motifs is 5. The fourth-order valence-electron chi connectivity index (χ4n) is 10.5. The fourth-order valence-corrected chi connectivity index (χ4v) is 11.1. The minimum Gasteiger partial charge on any atom is -0.393 e. The molecule has 0 spiro atoms. The second-order valence-electron chi connectivity index (χ2n) is 15.8. The van der Waals surface area contributed by atoms with Gasteiger partial charge in [0.1, 0.15) is 0 Å². The van der Waals surface area contributed by atoms with Crippen molar-refractivity contribution >= 4 is 16.1 Å². The van der Waals surface area contributed by atoms with Gasteiger partial charge in [0.05, 0.1) is 12.2 Å². The minimum absolute atomic E-state index is 0.00345. The molecule has 4 aliphatic rings. The molecule has 3 N–H and O–H groups in total. The summed E-state index contributed by atoms with van der Waals surface area (Å²) in [6.07, 6.45) is 12.6. The van der Waals surface area contributed by atoms with E-state index >= 15 is 0 Å². The number of hydrogen-bond acceptors (Lipinski definition) is 7. The molecule has 0 heterocycles. The molecule has 45 heavy (non-hydrogen) atoms. The van der Waals surface area contributed by atoms with Gasteiger partial charge in [0.15, 0.2) is 0 Å². The Morgan fingerprint density at radius 3 is 2.47 bits per heavy atom. The zero-order valence-electron chi connectivity index (χ0n) is 28.5. The molecule has 0 aromatic rings. The van der Waals surface area contributed by atoms with Crippen LogP contribution < -0.4 is 5.32 Å². The van der Waals surface area contributed by atoms with E-state index in [0.717, 1.165) is 64.6 Å². The van der Waals surface area contributed by atoms with Crippen LogP contribution in [0, 0.1) is 52.3 Å². The second kappa shape index (κ2) is 15.8. The summed E-state index contributed by atoms with van der Waals surface area (Å²) in [4.78, 5) is 7.82. The summed E-state index contributed by atoms with van der Waals surface area (Å²) in [5, 5.41) is 18.8. The van der Waals surface area contributed by atoms with E-state index < -0.39 is 16.5 Å². The number of nitrogens with zero attached hydrogens (tertiary/aromatic N) is 4. The fraction of sp³-hybridized carbons (Fsp3) is 0.971. The highest BCUT2D eigenvalue weighted by Gasteiger charge is 2.62. The van der Waals surface area contributed by atoms with Crippen LogP contribution in [0.3, 0.4) is 0 Å². The molecule has 0 saturated heterocycles. The predicted molar refractivity (Wildman–Crippen MR) is 179 cm³/mol. The number of unbranched alkanes of at least 4 members (excludes halogenated alkanes) is 1. The minimum atomic E-state index is -4.47. The number of aliphatic hydroxyl groups excluding tert-OH is 1. The summed E-state index contributed by atoms with van der Waals surface area (Å²) in [6, 6.07) is 0. The van der Waals surface area contributed by atoms with Crippen LogP contribution in [-0.2, 0) is 14.6 Å². The summed E-state index contributed by atoms with van der Waals surface area (Å²) < 4.78 is 37.1. The molecule has 3 unspecified atom stereocenters. The Morgan fingerprint density at radius 2 is 1.76 bits per heavy atom. The van der Waals surface area contributed by atoms with Crippen LogP contribution in [0.5, 0.6) is 0 Å². The van der Waals surface area contributed by atoms with Crippen LogP contribution in [-0.4, -0.2) is 62.2 Å². The zero-order chi connectivity index (χ0) is 32.8. The van der Waals surface area contributed by atoms with Crippen LogP contribution in [0.25, 0.3) is 10.4 Å². The molecule has 0 bridgehead atoms. The number of azide groups is 1. The van der Waals surface area contributed by atoms with Crippen molar-refractivity contribution in [3.63, 3.8) is 0 Å². The number of aliphatic imine (C=N–C) groups is 1. The molecule has 0 amide bonds. The first-order valence-corrected chi connectivity index (χ1v) is 19.2. The monoisotopic (exact) mass is 651 g/mol. The van der Waals surface area contributed by atoms with Crippen molar-refractivity contribution in [2.45, 2.75) is 130 Å². The molecular weight excluding hydrogens is 590 g/mol. The lowest BCUT2D eigenvalue weighted by Crippen LogP contribution is -2.58. The van der Waals surface area contributed by atoms with Gasteiger partial charge in [-0.25, -0.2) is 4.18 Å². The number of aliphatic hydroxyl groups is 1. The summed E-state index contributed by atoms with van der Waals surface area (Å²) >= 11 is 0. The van der Waals surface area contributed by atoms with Crippen molar-refractivity contribution in [2.75, 3.05) is 26.2 Å². The Balaban J connectivity index is 1.30. The van der Waals surface area contributed by atoms with Crippen molar-refractivity contribution in [3.8, 4) is 0 Å². The van der Waals surface area contributed by atoms with E-state index in [4.69, 9.17) is 14.7 Å². The topological polar surface area (TPSA) is 157 Å². The molecule has 0 aromatic carbocycles. The lowest BCUT2D eigenvalue weighted by atomic mass is 9.43. The molecule has 11 heteroatoms. The number of nitrogens with one attached hydrogen (secondary N) is 1. The first kappa shape index (κ1) is 36.6. The third kappa shape index (κ3) is 8.82. The molecular formula is C34H61N5O5S. The predicted octanol–water partition coefficient (Wildman–Crippen LogP) is 7.39. The first-order valence-electron chi connectivity index (χ1n) is 17.9. The summed E-state index contributed by atoms with van der Waals surface area (Å²) in [6.45, 7) is 14.5. The van der Waals surface area contributed by atoms with Gasteiger partial charge in [0.25, 0.3) is 0 Å². The average Bonchev–Trinajstić information content (AvgIpc) is 3.33. The molecule has 10 atom stereocenters. The maximum atomic E-state index is 11.8. The van der Waals surface area contributed by atoms with Gasteiger partial charge in [-0.1, -0.05) is 39.7 Å². The Bertz CT molecular complexity index is 1160. The molecule has 0 aliphatic heterocycles. The molecule has 10 nitrogen and oxygen atoms in total. The van der Waals surface area contributed by atoms with Crippen LogP contribution in [0.2, 0.25) is 0 Å². The van der Waals surface area contributed by atoms with E-state index in [1.54, 1.807) is 0 Å². The van der Waals surface area contributed by atoms with Gasteiger partial charge in [-0.2, -0.15) is 8.42 Å². The highest BCUT2D eigenvalue weighted by molar-refractivity contribution is 7.80. The third-order valence-corrected chi connectivity index (χ3v) is 13.4. The van der Waals surface area contributed by atoms with Gasteiger partial charge in [-0.05, 0) is 154 Å². The maximum Gasteiger partial charge on any atom is 0.397 e. The van der Waals surface area contributed by atoms with Gasteiger partial charge in [-0.3, -0.25) is 9.55 Å². The second-order valence-corrected chi connectivity index (χ2v) is 16.9. The van der Waals surface area contributed by atoms with E-state index in [1.165, 1.54) is 37.8 Å². The van der Waals surface area contributed by atoms with Crippen molar-refractivity contribution in [3.05, 3.63) is 10.4 Å². The number of hydrogen-bond donors (Lipinski definition) is 3. The van der Waals surface area contributed by atoms with Crippen LogP contribution in [0.15, 0.2) is 10.1 Å². The zero-order valence-corrected chi connectivity index (χ0v) is 29.3. The lowest BCUT2D eigenvalue weighted by Gasteiger charge is -2.62. The van der Waals surface area contributed by atoms with E-state index in [2.05, 4.69) is 36.1 Å². The Hall–Kier alpha value is -1.23. The molecule has 4 aliphatic carbocycles. The van der Waals surface area contributed by atoms with Gasteiger partial charge in [-0.15, -0.1) is 0 Å². The molecule has 4 saturated carbocycles. The van der Waals surface area contributed by atoms with E-state index in [0.29, 0.717) is 48.5 Å². The van der Waals surface area contributed by atoms with Gasteiger partial charge >= 0.3 is 10.4 Å².